The number of hydrogen-bond acceptors (Lipinski definition) is 2. The first-order valence-electron chi connectivity index (χ1n) is 3.35. The predicted octanol–water partition coefficient (Wildman–Crippen LogP) is -0.780. The fourth-order valence-electron chi connectivity index (χ4n) is 0.557. The van der Waals surface area contributed by atoms with Crippen LogP contribution in [0.2, 0.25) is 0 Å². The van der Waals surface area contributed by atoms with Crippen LogP contribution >= 0.6 is 0 Å². The fourth-order valence-corrected chi connectivity index (χ4v) is 0.557. The summed E-state index contributed by atoms with van der Waals surface area (Å²) < 4.78 is 0. The summed E-state index contributed by atoms with van der Waals surface area (Å²) in [7, 11) is 1.67. The monoisotopic (exact) mass is 155 g/mol. The first-order valence-corrected chi connectivity index (χ1v) is 3.35. The number of nitrogens with zero attached hydrogens (tertiary/aromatic N) is 1. The van der Waals surface area contributed by atoms with E-state index >= 15 is 0 Å². The Bertz CT molecular complexity index is 162. The molecule has 4 nitrogen and oxygen atoms in total. The van der Waals surface area contributed by atoms with Gasteiger partial charge in [0.05, 0.1) is 6.54 Å². The molecular formula is C7H13N3O. The Hall–Kier alpha value is -1.21. The van der Waals surface area contributed by atoms with Gasteiger partial charge in [-0.25, -0.2) is 4.79 Å². The van der Waals surface area contributed by atoms with Crippen molar-refractivity contribution in [2.24, 2.45) is 5.73 Å². The average Bonchev–Trinajstić information content (AvgIpc) is 2.00. The summed E-state index contributed by atoms with van der Waals surface area (Å²) >= 11 is 0. The van der Waals surface area contributed by atoms with Crippen LogP contribution in [0.1, 0.15) is 0 Å². The van der Waals surface area contributed by atoms with E-state index in [1.54, 1.807) is 7.05 Å². The largest absolute Gasteiger partial charge is 0.329 e. The standard InChI is InChI=1S/C7H13N3O/c1-3-5-9-7(11)10(2)6-4-8/h1H,4-6,8H2,2H3,(H,9,11). The van der Waals surface area contributed by atoms with E-state index in [1.807, 2.05) is 0 Å². The van der Waals surface area contributed by atoms with Gasteiger partial charge in [-0.1, -0.05) is 5.92 Å². The summed E-state index contributed by atoms with van der Waals surface area (Å²) in [5.41, 5.74) is 5.23. The molecule has 0 heterocycles. The maximum Gasteiger partial charge on any atom is 0.317 e. The highest BCUT2D eigenvalue weighted by Crippen LogP contribution is 1.80. The molecule has 4 heteroatoms. The third kappa shape index (κ3) is 4.23. The number of rotatable bonds is 3. The van der Waals surface area contributed by atoms with E-state index in [4.69, 9.17) is 12.2 Å². The van der Waals surface area contributed by atoms with Crippen molar-refractivity contribution in [2.75, 3.05) is 26.7 Å². The molecule has 0 fully saturated rings. The quantitative estimate of drug-likeness (QED) is 0.525. The molecule has 0 radical (unpaired) electrons. The van der Waals surface area contributed by atoms with Crippen LogP contribution in [0.25, 0.3) is 0 Å². The van der Waals surface area contributed by atoms with Crippen LogP contribution in [0.3, 0.4) is 0 Å². The number of likely N-dealkylation sites (N-methyl/N-ethyl adjacent to an activating group) is 1. The molecule has 0 unspecified atom stereocenters. The minimum absolute atomic E-state index is 0.187. The Labute approximate surface area is 66.7 Å². The Morgan fingerprint density at radius 1 is 1.82 bits per heavy atom. The van der Waals surface area contributed by atoms with Gasteiger partial charge in [-0.05, 0) is 0 Å². The minimum atomic E-state index is -0.187. The third-order valence-corrected chi connectivity index (χ3v) is 1.15. The minimum Gasteiger partial charge on any atom is -0.329 e. The number of carbonyl (C=O) groups excluding carboxylic acids is 1. The van der Waals surface area contributed by atoms with Crippen LogP contribution in [0.5, 0.6) is 0 Å². The van der Waals surface area contributed by atoms with E-state index in [0.717, 1.165) is 0 Å². The van der Waals surface area contributed by atoms with Gasteiger partial charge >= 0.3 is 6.03 Å². The Kier molecular flexibility index (Phi) is 4.95. The molecule has 0 atom stereocenters. The van der Waals surface area contributed by atoms with Crippen molar-refractivity contribution in [3.8, 4) is 12.3 Å². The number of terminal acetylenes is 1. The average molecular weight is 155 g/mol. The molecule has 3 N–H and O–H groups in total. The lowest BCUT2D eigenvalue weighted by Crippen LogP contribution is -2.39. The van der Waals surface area contributed by atoms with E-state index in [1.165, 1.54) is 4.90 Å². The van der Waals surface area contributed by atoms with Gasteiger partial charge in [0.15, 0.2) is 0 Å². The second-order valence-corrected chi connectivity index (χ2v) is 2.07. The molecule has 0 aliphatic heterocycles. The number of hydrogen-bond donors (Lipinski definition) is 2. The number of carbonyl (C=O) groups is 1. The van der Waals surface area contributed by atoms with Gasteiger partial charge in [0.2, 0.25) is 0 Å². The van der Waals surface area contributed by atoms with Gasteiger partial charge in [0, 0.05) is 20.1 Å². The lowest BCUT2D eigenvalue weighted by Gasteiger charge is -2.15. The van der Waals surface area contributed by atoms with Gasteiger partial charge < -0.3 is 16.0 Å². The van der Waals surface area contributed by atoms with Gasteiger partial charge in [-0.2, -0.15) is 0 Å². The van der Waals surface area contributed by atoms with E-state index in [0.29, 0.717) is 13.1 Å². The van der Waals surface area contributed by atoms with Crippen molar-refractivity contribution >= 4 is 6.03 Å². The molecule has 62 valence electrons. The lowest BCUT2D eigenvalue weighted by molar-refractivity contribution is 0.211. The zero-order valence-electron chi connectivity index (χ0n) is 6.63. The Morgan fingerprint density at radius 3 is 2.91 bits per heavy atom. The van der Waals surface area contributed by atoms with Crippen LogP contribution in [0.4, 0.5) is 4.79 Å². The molecule has 0 spiro atoms. The zero-order valence-corrected chi connectivity index (χ0v) is 6.63. The van der Waals surface area contributed by atoms with Gasteiger partial charge in [0.25, 0.3) is 0 Å². The topological polar surface area (TPSA) is 58.4 Å². The van der Waals surface area contributed by atoms with E-state index in [9.17, 15) is 4.79 Å². The molecule has 0 bridgehead atoms. The van der Waals surface area contributed by atoms with Gasteiger partial charge in [-0.15, -0.1) is 6.42 Å². The molecule has 2 amide bonds. The maximum absolute atomic E-state index is 11.0. The van der Waals surface area contributed by atoms with Gasteiger partial charge in [0.1, 0.15) is 0 Å². The Morgan fingerprint density at radius 2 is 2.45 bits per heavy atom. The second kappa shape index (κ2) is 5.57. The summed E-state index contributed by atoms with van der Waals surface area (Å²) in [5, 5.41) is 2.51. The van der Waals surface area contributed by atoms with Crippen LogP contribution in [-0.2, 0) is 0 Å². The SMILES string of the molecule is C#CCNC(=O)N(C)CCN. The zero-order chi connectivity index (χ0) is 8.69. The van der Waals surface area contributed by atoms with Gasteiger partial charge in [-0.3, -0.25) is 0 Å². The smallest absolute Gasteiger partial charge is 0.317 e. The van der Waals surface area contributed by atoms with Crippen LogP contribution in [0, 0.1) is 12.3 Å². The first-order chi connectivity index (χ1) is 5.22. The molecule has 0 rings (SSSR count). The van der Waals surface area contributed by atoms with Crippen molar-refractivity contribution in [3.05, 3.63) is 0 Å². The number of nitrogens with two attached hydrogens (primary N) is 1. The van der Waals surface area contributed by atoms with Crippen LogP contribution in [0.15, 0.2) is 0 Å². The number of urea groups is 1. The summed E-state index contributed by atoms with van der Waals surface area (Å²) in [6.07, 6.45) is 4.94. The third-order valence-electron chi connectivity index (χ3n) is 1.15. The van der Waals surface area contributed by atoms with Crippen molar-refractivity contribution in [3.63, 3.8) is 0 Å². The highest BCUT2D eigenvalue weighted by Gasteiger charge is 2.03. The molecule has 0 saturated carbocycles. The number of amides is 2. The molecule has 0 saturated heterocycles. The molecular weight excluding hydrogens is 142 g/mol. The van der Waals surface area contributed by atoms with Crippen LogP contribution < -0.4 is 11.1 Å². The second-order valence-electron chi connectivity index (χ2n) is 2.07. The molecule has 0 aliphatic carbocycles. The van der Waals surface area contributed by atoms with Crippen molar-refractivity contribution in [2.45, 2.75) is 0 Å². The first kappa shape index (κ1) is 9.79. The molecule has 0 aromatic carbocycles. The maximum atomic E-state index is 11.0. The highest BCUT2D eigenvalue weighted by atomic mass is 16.2. The van der Waals surface area contributed by atoms with Crippen molar-refractivity contribution < 1.29 is 4.79 Å². The summed E-state index contributed by atoms with van der Waals surface area (Å²) in [4.78, 5) is 12.4. The molecule has 11 heavy (non-hydrogen) atoms. The van der Waals surface area contributed by atoms with Crippen molar-refractivity contribution in [1.82, 2.24) is 10.2 Å². The fraction of sp³-hybridized carbons (Fsp3) is 0.571. The summed E-state index contributed by atoms with van der Waals surface area (Å²) in [5.74, 6) is 2.31. The lowest BCUT2D eigenvalue weighted by atomic mass is 10.5. The van der Waals surface area contributed by atoms with E-state index in [-0.39, 0.29) is 12.6 Å². The normalized spacial score (nSPS) is 8.45. The predicted molar refractivity (Wildman–Crippen MR) is 43.9 cm³/mol. The van der Waals surface area contributed by atoms with E-state index < -0.39 is 0 Å². The summed E-state index contributed by atoms with van der Waals surface area (Å²) in [6.45, 7) is 1.25. The number of nitrogens with one attached hydrogen (secondary N) is 1. The van der Waals surface area contributed by atoms with Crippen molar-refractivity contribution in [1.29, 1.82) is 0 Å². The highest BCUT2D eigenvalue weighted by molar-refractivity contribution is 5.74. The Balaban J connectivity index is 3.57. The van der Waals surface area contributed by atoms with E-state index in [2.05, 4.69) is 11.2 Å². The van der Waals surface area contributed by atoms with Crippen LogP contribution in [-0.4, -0.2) is 37.6 Å². The molecule has 0 aromatic rings. The summed E-state index contributed by atoms with van der Waals surface area (Å²) in [6, 6.07) is -0.187. The molecule has 0 aromatic heterocycles. The molecule has 0 aliphatic rings.